The van der Waals surface area contributed by atoms with E-state index in [1.54, 1.807) is 24.3 Å². The number of hydrogen-bond acceptors (Lipinski definition) is 7. The van der Waals surface area contributed by atoms with Gasteiger partial charge in [0.05, 0.1) is 10.4 Å². The molecule has 0 aliphatic rings. The topological polar surface area (TPSA) is 131 Å². The first-order chi connectivity index (χ1) is 13.3. The minimum absolute atomic E-state index is 0.0229. The highest BCUT2D eigenvalue weighted by atomic mass is 32.2. The molecule has 0 saturated carbocycles. The molecule has 2 aromatic heterocycles. The third-order valence-electron chi connectivity index (χ3n) is 4.04. The zero-order valence-corrected chi connectivity index (χ0v) is 15.8. The van der Waals surface area contributed by atoms with Gasteiger partial charge in [-0.15, -0.1) is 0 Å². The predicted molar refractivity (Wildman–Crippen MR) is 101 cm³/mol. The highest BCUT2D eigenvalue weighted by molar-refractivity contribution is 7.92. The van der Waals surface area contributed by atoms with Gasteiger partial charge in [0, 0.05) is 23.2 Å². The van der Waals surface area contributed by atoms with Crippen LogP contribution in [0.2, 0.25) is 0 Å². The Hall–Kier alpha value is -3.40. The minimum Gasteiger partial charge on any atom is -0.408 e. The molecule has 10 heteroatoms. The van der Waals surface area contributed by atoms with E-state index in [0.717, 1.165) is 0 Å². The summed E-state index contributed by atoms with van der Waals surface area (Å²) in [6, 6.07) is 10.7. The molecule has 0 radical (unpaired) electrons. The van der Waals surface area contributed by atoms with Crippen molar-refractivity contribution >= 4 is 26.8 Å². The van der Waals surface area contributed by atoms with Crippen LogP contribution < -0.4 is 10.5 Å². The lowest BCUT2D eigenvalue weighted by Crippen LogP contribution is -2.12. The van der Waals surface area contributed by atoms with Gasteiger partial charge in [-0.25, -0.2) is 13.2 Å². The normalized spacial score (nSPS) is 12.0. The number of sulfonamides is 1. The highest BCUT2D eigenvalue weighted by Gasteiger charge is 2.17. The van der Waals surface area contributed by atoms with Crippen LogP contribution in [0, 0.1) is 0 Å². The van der Waals surface area contributed by atoms with Crippen molar-refractivity contribution in [2.24, 2.45) is 0 Å². The first-order valence-electron chi connectivity index (χ1n) is 8.41. The summed E-state index contributed by atoms with van der Waals surface area (Å²) in [6.07, 6.45) is 0. The summed E-state index contributed by atoms with van der Waals surface area (Å²) in [5, 5.41) is 3.91. The Labute approximate surface area is 159 Å². The highest BCUT2D eigenvalue weighted by Crippen LogP contribution is 2.24. The number of hydrogen-bond donors (Lipinski definition) is 2. The number of benzene rings is 2. The van der Waals surface area contributed by atoms with E-state index in [2.05, 4.69) is 19.8 Å². The van der Waals surface area contributed by atoms with Crippen LogP contribution in [0.4, 0.5) is 5.69 Å². The molecule has 2 N–H and O–H groups in total. The monoisotopic (exact) mass is 400 g/mol. The van der Waals surface area contributed by atoms with Crippen molar-refractivity contribution in [3.63, 3.8) is 0 Å². The van der Waals surface area contributed by atoms with Gasteiger partial charge in [0.15, 0.2) is 11.4 Å². The van der Waals surface area contributed by atoms with Crippen molar-refractivity contribution in [3.05, 3.63) is 58.8 Å². The fourth-order valence-corrected chi connectivity index (χ4v) is 3.65. The average Bonchev–Trinajstić information content (AvgIpc) is 3.27. The van der Waals surface area contributed by atoms with Gasteiger partial charge < -0.3 is 8.94 Å². The molecule has 0 spiro atoms. The summed E-state index contributed by atoms with van der Waals surface area (Å²) >= 11 is 0. The molecule has 0 saturated heterocycles. The number of oxazole rings is 1. The second-order valence-electron chi connectivity index (χ2n) is 6.47. The van der Waals surface area contributed by atoms with Gasteiger partial charge in [0.1, 0.15) is 0 Å². The Morgan fingerprint density at radius 1 is 1.11 bits per heavy atom. The van der Waals surface area contributed by atoms with E-state index in [1.165, 1.54) is 18.2 Å². The third kappa shape index (κ3) is 3.41. The largest absolute Gasteiger partial charge is 0.417 e. The van der Waals surface area contributed by atoms with Gasteiger partial charge in [-0.3, -0.25) is 9.71 Å². The SMILES string of the molecule is CC(C)c1noc(-c2ccc(NS(=O)(=O)c3ccc4[nH]c(=O)oc4c3)cc2)n1. The summed E-state index contributed by atoms with van der Waals surface area (Å²) in [5.74, 6) is 0.470. The molecule has 0 fully saturated rings. The zero-order valence-electron chi connectivity index (χ0n) is 15.0. The predicted octanol–water partition coefficient (Wildman–Crippen LogP) is 3.10. The lowest BCUT2D eigenvalue weighted by molar-refractivity contribution is 0.419. The third-order valence-corrected chi connectivity index (χ3v) is 5.42. The molecule has 0 aliphatic carbocycles. The molecule has 0 aliphatic heterocycles. The Kier molecular flexibility index (Phi) is 4.27. The number of aromatic nitrogens is 3. The van der Waals surface area contributed by atoms with E-state index in [-0.39, 0.29) is 16.4 Å². The number of anilines is 1. The maximum absolute atomic E-state index is 12.6. The Bertz CT molecular complexity index is 1300. The van der Waals surface area contributed by atoms with Gasteiger partial charge in [-0.1, -0.05) is 19.0 Å². The molecule has 4 rings (SSSR count). The van der Waals surface area contributed by atoms with Crippen LogP contribution in [0.25, 0.3) is 22.6 Å². The van der Waals surface area contributed by atoms with Gasteiger partial charge in [-0.05, 0) is 36.4 Å². The molecular weight excluding hydrogens is 384 g/mol. The fraction of sp³-hybridized carbons (Fsp3) is 0.167. The maximum atomic E-state index is 12.6. The minimum atomic E-state index is -3.86. The van der Waals surface area contributed by atoms with Crippen LogP contribution in [0.3, 0.4) is 0 Å². The average molecular weight is 400 g/mol. The molecule has 144 valence electrons. The lowest BCUT2D eigenvalue weighted by Gasteiger charge is -2.08. The second kappa shape index (κ2) is 6.64. The Morgan fingerprint density at radius 3 is 2.54 bits per heavy atom. The molecule has 0 atom stereocenters. The van der Waals surface area contributed by atoms with E-state index < -0.39 is 15.8 Å². The number of nitrogens with zero attached hydrogens (tertiary/aromatic N) is 2. The van der Waals surface area contributed by atoms with Crippen LogP contribution in [0.1, 0.15) is 25.6 Å². The van der Waals surface area contributed by atoms with Crippen molar-refractivity contribution in [3.8, 4) is 11.5 Å². The van der Waals surface area contributed by atoms with Crippen molar-refractivity contribution in [1.82, 2.24) is 15.1 Å². The molecule has 2 aromatic carbocycles. The van der Waals surface area contributed by atoms with E-state index in [0.29, 0.717) is 28.5 Å². The fourth-order valence-electron chi connectivity index (χ4n) is 2.57. The standard InChI is InChI=1S/C18H16N4O5S/c1-10(2)16-20-17(27-21-16)11-3-5-12(6-4-11)22-28(24,25)13-7-8-14-15(9-13)26-18(23)19-14/h3-10,22H,1-2H3,(H,19,23). The first kappa shape index (κ1) is 18.0. The van der Waals surface area contributed by atoms with Crippen LogP contribution >= 0.6 is 0 Å². The van der Waals surface area contributed by atoms with E-state index >= 15 is 0 Å². The van der Waals surface area contributed by atoms with Gasteiger partial charge in [0.2, 0.25) is 0 Å². The van der Waals surface area contributed by atoms with Crippen molar-refractivity contribution in [2.45, 2.75) is 24.7 Å². The summed E-state index contributed by atoms with van der Waals surface area (Å²) in [7, 11) is -3.86. The van der Waals surface area contributed by atoms with E-state index in [9.17, 15) is 13.2 Å². The van der Waals surface area contributed by atoms with Gasteiger partial charge >= 0.3 is 5.76 Å². The molecular formula is C18H16N4O5S. The van der Waals surface area contributed by atoms with E-state index in [1.807, 2.05) is 13.8 Å². The lowest BCUT2D eigenvalue weighted by atomic mass is 10.2. The second-order valence-corrected chi connectivity index (χ2v) is 8.15. The first-order valence-corrected chi connectivity index (χ1v) is 9.90. The van der Waals surface area contributed by atoms with Gasteiger partial charge in [-0.2, -0.15) is 4.98 Å². The molecule has 4 aromatic rings. The van der Waals surface area contributed by atoms with Crippen LogP contribution in [-0.4, -0.2) is 23.5 Å². The Balaban J connectivity index is 1.57. The van der Waals surface area contributed by atoms with Crippen molar-refractivity contribution in [2.75, 3.05) is 4.72 Å². The van der Waals surface area contributed by atoms with Crippen LogP contribution in [0.5, 0.6) is 0 Å². The summed E-state index contributed by atoms with van der Waals surface area (Å²) in [4.78, 5) is 18.0. The summed E-state index contributed by atoms with van der Waals surface area (Å²) < 4.78 is 37.8. The van der Waals surface area contributed by atoms with Crippen LogP contribution in [-0.2, 0) is 10.0 Å². The number of nitrogens with one attached hydrogen (secondary N) is 2. The van der Waals surface area contributed by atoms with Gasteiger partial charge in [0.25, 0.3) is 15.9 Å². The number of aromatic amines is 1. The van der Waals surface area contributed by atoms with E-state index in [4.69, 9.17) is 8.94 Å². The zero-order chi connectivity index (χ0) is 19.9. The number of H-pyrrole nitrogens is 1. The molecule has 28 heavy (non-hydrogen) atoms. The molecule has 0 amide bonds. The van der Waals surface area contributed by atoms with Crippen molar-refractivity contribution < 1.29 is 17.4 Å². The Morgan fingerprint density at radius 2 is 1.86 bits per heavy atom. The molecule has 0 unspecified atom stereocenters. The number of rotatable bonds is 5. The molecule has 9 nitrogen and oxygen atoms in total. The van der Waals surface area contributed by atoms with Crippen LogP contribution in [0.15, 0.2) is 61.1 Å². The quantitative estimate of drug-likeness (QED) is 0.526. The summed E-state index contributed by atoms with van der Waals surface area (Å²) in [5.41, 5.74) is 1.63. The van der Waals surface area contributed by atoms with Crippen molar-refractivity contribution in [1.29, 1.82) is 0 Å². The summed E-state index contributed by atoms with van der Waals surface area (Å²) in [6.45, 7) is 3.92. The molecule has 0 bridgehead atoms. The molecule has 2 heterocycles. The maximum Gasteiger partial charge on any atom is 0.417 e. The smallest absolute Gasteiger partial charge is 0.408 e. The number of fused-ring (bicyclic) bond motifs is 1.